The molecule has 0 aromatic carbocycles. The van der Waals surface area contributed by atoms with Crippen molar-refractivity contribution in [2.24, 2.45) is 5.92 Å². The van der Waals surface area contributed by atoms with Crippen molar-refractivity contribution in [1.82, 2.24) is 10.9 Å². The number of hydrogen-bond acceptors (Lipinski definition) is 2. The molecule has 0 saturated heterocycles. The molecule has 0 heterocycles. The van der Waals surface area contributed by atoms with Gasteiger partial charge in [0, 0.05) is 6.04 Å². The van der Waals surface area contributed by atoms with Crippen LogP contribution in [0.5, 0.6) is 0 Å². The highest BCUT2D eigenvalue weighted by atomic mass is 15.3. The first kappa shape index (κ1) is 9.92. The van der Waals surface area contributed by atoms with E-state index in [0.717, 1.165) is 5.92 Å². The fraction of sp³-hybridized carbons (Fsp3) is 1.00. The van der Waals surface area contributed by atoms with Gasteiger partial charge in [0.2, 0.25) is 0 Å². The Labute approximate surface area is 64.4 Å². The Morgan fingerprint density at radius 3 is 2.10 bits per heavy atom. The van der Waals surface area contributed by atoms with Crippen molar-refractivity contribution in [2.45, 2.75) is 39.7 Å². The lowest BCUT2D eigenvalue weighted by atomic mass is 9.98. The predicted octanol–water partition coefficient (Wildman–Crippen LogP) is 1.54. The molecule has 0 aliphatic heterocycles. The molecule has 0 spiro atoms. The molecule has 0 fully saturated rings. The first-order chi connectivity index (χ1) is 4.76. The van der Waals surface area contributed by atoms with E-state index >= 15 is 0 Å². The van der Waals surface area contributed by atoms with Crippen LogP contribution in [0.25, 0.3) is 0 Å². The fourth-order valence-electron chi connectivity index (χ4n) is 1.12. The lowest BCUT2D eigenvalue weighted by Crippen LogP contribution is -2.41. The average Bonchev–Trinajstić information content (AvgIpc) is 1.99. The lowest BCUT2D eigenvalue weighted by Gasteiger charge is -2.21. The third-order valence-corrected chi connectivity index (χ3v) is 2.10. The molecule has 2 unspecified atom stereocenters. The molecule has 0 bridgehead atoms. The van der Waals surface area contributed by atoms with Gasteiger partial charge in [0.05, 0.1) is 0 Å². The topological polar surface area (TPSA) is 24.1 Å². The van der Waals surface area contributed by atoms with Crippen LogP contribution in [0.3, 0.4) is 0 Å². The van der Waals surface area contributed by atoms with Crippen molar-refractivity contribution >= 4 is 0 Å². The molecule has 0 radical (unpaired) electrons. The molecule has 0 aromatic heterocycles. The summed E-state index contributed by atoms with van der Waals surface area (Å²) in [5.41, 5.74) is 6.22. The fourth-order valence-corrected chi connectivity index (χ4v) is 1.12. The second-order valence-corrected chi connectivity index (χ2v) is 2.79. The number of rotatable bonds is 5. The Morgan fingerprint density at radius 2 is 1.80 bits per heavy atom. The van der Waals surface area contributed by atoms with Crippen molar-refractivity contribution in [2.75, 3.05) is 7.05 Å². The van der Waals surface area contributed by atoms with E-state index in [1.807, 2.05) is 7.05 Å². The normalized spacial score (nSPS) is 16.8. The van der Waals surface area contributed by atoms with Gasteiger partial charge in [-0.05, 0) is 19.4 Å². The van der Waals surface area contributed by atoms with Crippen molar-refractivity contribution in [3.05, 3.63) is 0 Å². The molecular weight excluding hydrogens is 124 g/mol. The van der Waals surface area contributed by atoms with Gasteiger partial charge in [0.25, 0.3) is 0 Å². The van der Waals surface area contributed by atoms with E-state index in [4.69, 9.17) is 0 Å². The van der Waals surface area contributed by atoms with Gasteiger partial charge < -0.3 is 0 Å². The van der Waals surface area contributed by atoms with Crippen molar-refractivity contribution in [3.63, 3.8) is 0 Å². The van der Waals surface area contributed by atoms with Crippen LogP contribution in [0.4, 0.5) is 0 Å². The highest BCUT2D eigenvalue weighted by Gasteiger charge is 2.10. The SMILES string of the molecule is CCC(C)C(CC)NNC. The summed E-state index contributed by atoms with van der Waals surface area (Å²) in [5.74, 6) is 0.762. The summed E-state index contributed by atoms with van der Waals surface area (Å²) < 4.78 is 0. The molecule has 62 valence electrons. The van der Waals surface area contributed by atoms with Gasteiger partial charge in [-0.2, -0.15) is 0 Å². The zero-order chi connectivity index (χ0) is 7.98. The minimum absolute atomic E-state index is 0.620. The Bertz CT molecular complexity index is 73.7. The van der Waals surface area contributed by atoms with Crippen molar-refractivity contribution in [3.8, 4) is 0 Å². The minimum atomic E-state index is 0.620. The van der Waals surface area contributed by atoms with Crippen LogP contribution in [0.15, 0.2) is 0 Å². The summed E-state index contributed by atoms with van der Waals surface area (Å²) in [5, 5.41) is 0. The molecular formula is C8H20N2. The number of nitrogens with one attached hydrogen (secondary N) is 2. The van der Waals surface area contributed by atoms with E-state index in [0.29, 0.717) is 6.04 Å². The van der Waals surface area contributed by atoms with E-state index in [2.05, 4.69) is 31.6 Å². The van der Waals surface area contributed by atoms with Crippen LogP contribution in [0, 0.1) is 5.92 Å². The lowest BCUT2D eigenvalue weighted by molar-refractivity contribution is 0.331. The van der Waals surface area contributed by atoms with E-state index in [1.54, 1.807) is 0 Å². The molecule has 0 rings (SSSR count). The summed E-state index contributed by atoms with van der Waals surface area (Å²) in [6.07, 6.45) is 2.43. The van der Waals surface area contributed by atoms with E-state index in [-0.39, 0.29) is 0 Å². The maximum absolute atomic E-state index is 3.23. The quantitative estimate of drug-likeness (QED) is 0.572. The standard InChI is InChI=1S/C8H20N2/c1-5-7(3)8(6-2)10-9-4/h7-10H,5-6H2,1-4H3. The van der Waals surface area contributed by atoms with Gasteiger partial charge in [-0.3, -0.25) is 10.9 Å². The van der Waals surface area contributed by atoms with Gasteiger partial charge in [-0.25, -0.2) is 0 Å². The molecule has 2 N–H and O–H groups in total. The Kier molecular flexibility index (Phi) is 5.64. The second kappa shape index (κ2) is 5.69. The van der Waals surface area contributed by atoms with Crippen LogP contribution in [-0.2, 0) is 0 Å². The van der Waals surface area contributed by atoms with Gasteiger partial charge in [-0.1, -0.05) is 27.2 Å². The summed E-state index contributed by atoms with van der Waals surface area (Å²) in [7, 11) is 1.92. The molecule has 0 amide bonds. The zero-order valence-corrected chi connectivity index (χ0v) is 7.57. The van der Waals surface area contributed by atoms with Gasteiger partial charge in [0.1, 0.15) is 0 Å². The molecule has 0 aliphatic carbocycles. The maximum Gasteiger partial charge on any atom is 0.0235 e. The van der Waals surface area contributed by atoms with Crippen LogP contribution >= 0.6 is 0 Å². The molecule has 2 atom stereocenters. The Balaban J connectivity index is 3.56. The highest BCUT2D eigenvalue weighted by Crippen LogP contribution is 2.09. The molecule has 2 nitrogen and oxygen atoms in total. The third-order valence-electron chi connectivity index (χ3n) is 2.10. The van der Waals surface area contributed by atoms with Crippen molar-refractivity contribution in [1.29, 1.82) is 0 Å². The molecule has 2 heteroatoms. The monoisotopic (exact) mass is 144 g/mol. The first-order valence-electron chi connectivity index (χ1n) is 4.18. The van der Waals surface area contributed by atoms with Gasteiger partial charge in [0.15, 0.2) is 0 Å². The average molecular weight is 144 g/mol. The highest BCUT2D eigenvalue weighted by molar-refractivity contribution is 4.67. The smallest absolute Gasteiger partial charge is 0.0235 e. The summed E-state index contributed by atoms with van der Waals surface area (Å²) in [6, 6.07) is 0.620. The predicted molar refractivity (Wildman–Crippen MR) is 45.7 cm³/mol. The minimum Gasteiger partial charge on any atom is -0.261 e. The molecule has 0 saturated carbocycles. The maximum atomic E-state index is 3.23. The first-order valence-corrected chi connectivity index (χ1v) is 4.18. The molecule has 10 heavy (non-hydrogen) atoms. The molecule has 0 aromatic rings. The van der Waals surface area contributed by atoms with Crippen molar-refractivity contribution < 1.29 is 0 Å². The van der Waals surface area contributed by atoms with Crippen LogP contribution in [0.2, 0.25) is 0 Å². The summed E-state index contributed by atoms with van der Waals surface area (Å²) in [6.45, 7) is 6.71. The van der Waals surface area contributed by atoms with E-state index in [1.165, 1.54) is 12.8 Å². The Morgan fingerprint density at radius 1 is 1.20 bits per heavy atom. The van der Waals surface area contributed by atoms with E-state index in [9.17, 15) is 0 Å². The third kappa shape index (κ3) is 3.18. The van der Waals surface area contributed by atoms with Crippen LogP contribution < -0.4 is 10.9 Å². The molecule has 0 aliphatic rings. The van der Waals surface area contributed by atoms with Gasteiger partial charge >= 0.3 is 0 Å². The largest absolute Gasteiger partial charge is 0.261 e. The summed E-state index contributed by atoms with van der Waals surface area (Å²) in [4.78, 5) is 0. The van der Waals surface area contributed by atoms with Crippen LogP contribution in [0.1, 0.15) is 33.6 Å². The van der Waals surface area contributed by atoms with Gasteiger partial charge in [-0.15, -0.1) is 0 Å². The zero-order valence-electron chi connectivity index (χ0n) is 7.57. The Hall–Kier alpha value is -0.0800. The number of hydrazine groups is 1. The van der Waals surface area contributed by atoms with E-state index < -0.39 is 0 Å². The second-order valence-electron chi connectivity index (χ2n) is 2.79. The number of hydrogen-bond donors (Lipinski definition) is 2. The van der Waals surface area contributed by atoms with Crippen LogP contribution in [-0.4, -0.2) is 13.1 Å². The summed E-state index contributed by atoms with van der Waals surface area (Å²) >= 11 is 0.